The van der Waals surface area contributed by atoms with Gasteiger partial charge in [-0.3, -0.25) is 0 Å². The van der Waals surface area contributed by atoms with E-state index >= 15 is 0 Å². The molecular formula is C12H20N4O. The SMILES string of the molecule is CNc1cc(NCC2CCCCO2)nc(C)n1. The van der Waals surface area contributed by atoms with E-state index in [9.17, 15) is 0 Å². The normalized spacial score (nSPS) is 20.0. The fourth-order valence-corrected chi connectivity index (χ4v) is 1.97. The lowest BCUT2D eigenvalue weighted by atomic mass is 10.1. The minimum atomic E-state index is 0.317. The first-order valence-electron chi connectivity index (χ1n) is 6.17. The van der Waals surface area contributed by atoms with Gasteiger partial charge in [0.25, 0.3) is 0 Å². The van der Waals surface area contributed by atoms with E-state index in [1.165, 1.54) is 12.8 Å². The van der Waals surface area contributed by atoms with E-state index in [1.807, 2.05) is 20.0 Å². The summed E-state index contributed by atoms with van der Waals surface area (Å²) >= 11 is 0. The first-order chi connectivity index (χ1) is 8.28. The maximum Gasteiger partial charge on any atom is 0.131 e. The number of nitrogens with one attached hydrogen (secondary N) is 2. The van der Waals surface area contributed by atoms with Crippen molar-refractivity contribution in [3.8, 4) is 0 Å². The summed E-state index contributed by atoms with van der Waals surface area (Å²) < 4.78 is 5.66. The minimum absolute atomic E-state index is 0.317. The minimum Gasteiger partial charge on any atom is -0.376 e. The Balaban J connectivity index is 1.91. The highest BCUT2D eigenvalue weighted by Gasteiger charge is 2.13. The van der Waals surface area contributed by atoms with Crippen molar-refractivity contribution in [3.05, 3.63) is 11.9 Å². The molecule has 1 saturated heterocycles. The highest BCUT2D eigenvalue weighted by molar-refractivity contribution is 5.47. The molecule has 0 saturated carbocycles. The summed E-state index contributed by atoms with van der Waals surface area (Å²) in [7, 11) is 1.86. The Morgan fingerprint density at radius 3 is 2.88 bits per heavy atom. The number of aromatic nitrogens is 2. The van der Waals surface area contributed by atoms with Crippen LogP contribution in [0.25, 0.3) is 0 Å². The predicted molar refractivity (Wildman–Crippen MR) is 68.4 cm³/mol. The first-order valence-corrected chi connectivity index (χ1v) is 6.17. The van der Waals surface area contributed by atoms with Crippen molar-refractivity contribution in [1.82, 2.24) is 9.97 Å². The lowest BCUT2D eigenvalue weighted by Gasteiger charge is -2.23. The van der Waals surface area contributed by atoms with E-state index in [-0.39, 0.29) is 0 Å². The lowest BCUT2D eigenvalue weighted by Crippen LogP contribution is -2.27. The zero-order valence-corrected chi connectivity index (χ0v) is 10.5. The molecule has 1 atom stereocenters. The third-order valence-electron chi connectivity index (χ3n) is 2.88. The van der Waals surface area contributed by atoms with Crippen LogP contribution in [0.3, 0.4) is 0 Å². The lowest BCUT2D eigenvalue weighted by molar-refractivity contribution is 0.0247. The smallest absolute Gasteiger partial charge is 0.131 e. The number of hydrogen-bond acceptors (Lipinski definition) is 5. The van der Waals surface area contributed by atoms with Crippen molar-refractivity contribution >= 4 is 11.6 Å². The molecule has 2 N–H and O–H groups in total. The number of hydrogen-bond donors (Lipinski definition) is 2. The second-order valence-electron chi connectivity index (χ2n) is 4.31. The Bertz CT molecular complexity index is 364. The van der Waals surface area contributed by atoms with Gasteiger partial charge in [0.1, 0.15) is 17.5 Å². The van der Waals surface area contributed by atoms with Gasteiger partial charge >= 0.3 is 0 Å². The number of nitrogens with zero attached hydrogens (tertiary/aromatic N) is 2. The van der Waals surface area contributed by atoms with Gasteiger partial charge in [0.05, 0.1) is 6.10 Å². The number of aryl methyl sites for hydroxylation is 1. The van der Waals surface area contributed by atoms with Crippen LogP contribution in [0, 0.1) is 6.92 Å². The summed E-state index contributed by atoms with van der Waals surface area (Å²) in [6.45, 7) is 3.60. The molecule has 0 radical (unpaired) electrons. The quantitative estimate of drug-likeness (QED) is 0.835. The topological polar surface area (TPSA) is 59.1 Å². The van der Waals surface area contributed by atoms with Gasteiger partial charge in [-0.05, 0) is 26.2 Å². The monoisotopic (exact) mass is 236 g/mol. The highest BCUT2D eigenvalue weighted by atomic mass is 16.5. The Kier molecular flexibility index (Phi) is 4.14. The molecule has 5 nitrogen and oxygen atoms in total. The van der Waals surface area contributed by atoms with Crippen LogP contribution < -0.4 is 10.6 Å². The number of ether oxygens (including phenoxy) is 1. The van der Waals surface area contributed by atoms with Crippen molar-refractivity contribution < 1.29 is 4.74 Å². The van der Waals surface area contributed by atoms with Gasteiger partial charge in [-0.2, -0.15) is 0 Å². The van der Waals surface area contributed by atoms with E-state index in [0.717, 1.165) is 37.0 Å². The molecule has 0 bridgehead atoms. The van der Waals surface area contributed by atoms with Crippen molar-refractivity contribution in [2.24, 2.45) is 0 Å². The van der Waals surface area contributed by atoms with E-state index in [0.29, 0.717) is 6.10 Å². The molecule has 0 aliphatic carbocycles. The molecule has 2 rings (SSSR count). The molecule has 17 heavy (non-hydrogen) atoms. The van der Waals surface area contributed by atoms with Gasteiger partial charge in [-0.25, -0.2) is 9.97 Å². The van der Waals surface area contributed by atoms with Crippen molar-refractivity contribution in [1.29, 1.82) is 0 Å². The molecule has 1 unspecified atom stereocenters. The van der Waals surface area contributed by atoms with Crippen molar-refractivity contribution in [2.45, 2.75) is 32.3 Å². The second kappa shape index (κ2) is 5.82. The van der Waals surface area contributed by atoms with Gasteiger partial charge in [0, 0.05) is 26.3 Å². The van der Waals surface area contributed by atoms with Gasteiger partial charge in [-0.15, -0.1) is 0 Å². The Hall–Kier alpha value is -1.36. The summed E-state index contributed by atoms with van der Waals surface area (Å²) in [6.07, 6.45) is 3.90. The van der Waals surface area contributed by atoms with Crippen LogP contribution in [0.4, 0.5) is 11.6 Å². The van der Waals surface area contributed by atoms with E-state index in [2.05, 4.69) is 20.6 Å². The largest absolute Gasteiger partial charge is 0.376 e. The van der Waals surface area contributed by atoms with Gasteiger partial charge in [-0.1, -0.05) is 0 Å². The van der Waals surface area contributed by atoms with E-state index in [4.69, 9.17) is 4.74 Å². The average Bonchev–Trinajstić information content (AvgIpc) is 2.37. The zero-order chi connectivity index (χ0) is 12.1. The van der Waals surface area contributed by atoms with Crippen molar-refractivity contribution in [3.63, 3.8) is 0 Å². The molecule has 1 aliphatic rings. The summed E-state index contributed by atoms with van der Waals surface area (Å²) in [5.74, 6) is 2.46. The Morgan fingerprint density at radius 2 is 2.18 bits per heavy atom. The van der Waals surface area contributed by atoms with E-state index < -0.39 is 0 Å². The van der Waals surface area contributed by atoms with Crippen LogP contribution in [0.5, 0.6) is 0 Å². The summed E-state index contributed by atoms with van der Waals surface area (Å²) in [5.41, 5.74) is 0. The summed E-state index contributed by atoms with van der Waals surface area (Å²) in [5, 5.41) is 6.34. The Morgan fingerprint density at radius 1 is 1.35 bits per heavy atom. The zero-order valence-electron chi connectivity index (χ0n) is 10.5. The maximum absolute atomic E-state index is 5.66. The first kappa shape index (κ1) is 12.1. The molecule has 5 heteroatoms. The van der Waals surface area contributed by atoms with E-state index in [1.54, 1.807) is 0 Å². The molecule has 1 fully saturated rings. The van der Waals surface area contributed by atoms with Crippen LogP contribution in [-0.4, -0.2) is 36.3 Å². The molecule has 1 aromatic heterocycles. The van der Waals surface area contributed by atoms with Gasteiger partial charge in [0.15, 0.2) is 0 Å². The highest BCUT2D eigenvalue weighted by Crippen LogP contribution is 2.15. The van der Waals surface area contributed by atoms with Crippen LogP contribution >= 0.6 is 0 Å². The number of anilines is 2. The van der Waals surface area contributed by atoms with Crippen LogP contribution in [0.15, 0.2) is 6.07 Å². The fourth-order valence-electron chi connectivity index (χ4n) is 1.97. The molecular weight excluding hydrogens is 216 g/mol. The van der Waals surface area contributed by atoms with Crippen LogP contribution in [0.1, 0.15) is 25.1 Å². The summed E-state index contributed by atoms with van der Waals surface area (Å²) in [4.78, 5) is 8.60. The maximum atomic E-state index is 5.66. The molecule has 94 valence electrons. The summed E-state index contributed by atoms with van der Waals surface area (Å²) in [6, 6.07) is 1.91. The molecule has 0 spiro atoms. The van der Waals surface area contributed by atoms with Gasteiger partial charge < -0.3 is 15.4 Å². The fraction of sp³-hybridized carbons (Fsp3) is 0.667. The molecule has 1 aliphatic heterocycles. The van der Waals surface area contributed by atoms with Crippen LogP contribution in [0.2, 0.25) is 0 Å². The molecule has 2 heterocycles. The average molecular weight is 236 g/mol. The molecule has 0 aromatic carbocycles. The van der Waals surface area contributed by atoms with Crippen LogP contribution in [-0.2, 0) is 4.74 Å². The molecule has 0 amide bonds. The Labute approximate surface area is 102 Å². The second-order valence-corrected chi connectivity index (χ2v) is 4.31. The molecule has 1 aromatic rings. The third kappa shape index (κ3) is 3.56. The number of rotatable bonds is 4. The third-order valence-corrected chi connectivity index (χ3v) is 2.88. The van der Waals surface area contributed by atoms with Crippen molar-refractivity contribution in [2.75, 3.05) is 30.8 Å². The standard InChI is InChI=1S/C12H20N4O/c1-9-15-11(13-2)7-12(16-9)14-8-10-5-3-4-6-17-10/h7,10H,3-6,8H2,1-2H3,(H2,13,14,15,16). The predicted octanol–water partition coefficient (Wildman–Crippen LogP) is 1.81. The van der Waals surface area contributed by atoms with Gasteiger partial charge in [0.2, 0.25) is 0 Å².